The number of carbonyl (C=O) groups excluding carboxylic acids is 2. The second-order valence-electron chi connectivity index (χ2n) is 5.68. The van der Waals surface area contributed by atoms with E-state index in [-0.39, 0.29) is 23.6 Å². The van der Waals surface area contributed by atoms with Crippen molar-refractivity contribution in [3.63, 3.8) is 0 Å². The lowest BCUT2D eigenvalue weighted by Crippen LogP contribution is -2.29. The molecule has 0 saturated carbocycles. The minimum atomic E-state index is -0.760. The first-order valence-corrected chi connectivity index (χ1v) is 8.47. The maximum Gasteiger partial charge on any atom is 0.282 e. The number of nitrogens with zero attached hydrogens (tertiary/aromatic N) is 4. The van der Waals surface area contributed by atoms with E-state index < -0.39 is 22.4 Å². The Morgan fingerprint density at radius 1 is 1.15 bits per heavy atom. The fourth-order valence-electron chi connectivity index (χ4n) is 2.81. The second kappa shape index (κ2) is 6.40. The Balaban J connectivity index is 1.63. The summed E-state index contributed by atoms with van der Waals surface area (Å²) in [7, 11) is 0. The molecule has 1 aromatic heterocycles. The summed E-state index contributed by atoms with van der Waals surface area (Å²) in [5.74, 6) is -1.05. The number of imide groups is 1. The summed E-state index contributed by atoms with van der Waals surface area (Å²) in [6.07, 6.45) is 0. The summed E-state index contributed by atoms with van der Waals surface area (Å²) in [6, 6.07) is 11.2. The molecule has 2 amide bonds. The maximum absolute atomic E-state index is 12.6. The number of nitro groups is 1. The van der Waals surface area contributed by atoms with Gasteiger partial charge in [-0.15, -0.1) is 0 Å². The summed E-state index contributed by atoms with van der Waals surface area (Å²) in [5.41, 5.74) is 0.0474. The number of aromatic nitrogens is 2. The van der Waals surface area contributed by atoms with E-state index in [1.165, 1.54) is 18.2 Å². The molecule has 0 saturated heterocycles. The van der Waals surface area contributed by atoms with Crippen LogP contribution < -0.4 is 0 Å². The number of fused-ring (bicyclic) bond motifs is 1. The normalized spacial score (nSPS) is 13.1. The lowest BCUT2D eigenvalue weighted by molar-refractivity contribution is -0.385. The molecule has 1 aliphatic rings. The highest BCUT2D eigenvalue weighted by Crippen LogP contribution is 2.31. The minimum Gasteiger partial charge on any atom is -0.337 e. The van der Waals surface area contributed by atoms with E-state index in [4.69, 9.17) is 4.52 Å². The van der Waals surface area contributed by atoms with Crippen molar-refractivity contribution in [2.24, 2.45) is 0 Å². The standard InChI is InChI=1S/C17H9BrN4O5/c18-10-4-1-3-9(7-10)15-19-13(27-20-15)8-21-16(23)11-5-2-6-12(22(25)26)14(11)17(21)24/h1-7H,8H2. The molecule has 27 heavy (non-hydrogen) atoms. The molecule has 0 N–H and O–H groups in total. The van der Waals surface area contributed by atoms with Gasteiger partial charge in [-0.25, -0.2) is 0 Å². The summed E-state index contributed by atoms with van der Waals surface area (Å²) >= 11 is 3.35. The molecule has 2 heterocycles. The topological polar surface area (TPSA) is 119 Å². The summed E-state index contributed by atoms with van der Waals surface area (Å²) in [4.78, 5) is 40.6. The monoisotopic (exact) mass is 428 g/mol. The van der Waals surface area contributed by atoms with Gasteiger partial charge in [-0.05, 0) is 18.2 Å². The second-order valence-corrected chi connectivity index (χ2v) is 6.59. The highest BCUT2D eigenvalue weighted by Gasteiger charge is 2.41. The quantitative estimate of drug-likeness (QED) is 0.355. The van der Waals surface area contributed by atoms with E-state index in [0.717, 1.165) is 9.37 Å². The highest BCUT2D eigenvalue weighted by atomic mass is 79.9. The molecule has 3 aromatic rings. The van der Waals surface area contributed by atoms with Crippen LogP contribution in [0.1, 0.15) is 26.6 Å². The van der Waals surface area contributed by atoms with Gasteiger partial charge in [0.15, 0.2) is 0 Å². The van der Waals surface area contributed by atoms with Crippen molar-refractivity contribution < 1.29 is 19.0 Å². The fraction of sp³-hybridized carbons (Fsp3) is 0.0588. The van der Waals surface area contributed by atoms with E-state index in [2.05, 4.69) is 26.1 Å². The van der Waals surface area contributed by atoms with Gasteiger partial charge in [-0.3, -0.25) is 24.6 Å². The Morgan fingerprint density at radius 3 is 2.67 bits per heavy atom. The summed E-state index contributed by atoms with van der Waals surface area (Å²) in [5, 5.41) is 15.0. The average Bonchev–Trinajstić information content (AvgIpc) is 3.21. The van der Waals surface area contributed by atoms with Crippen molar-refractivity contribution in [1.82, 2.24) is 15.0 Å². The molecule has 0 spiro atoms. The first kappa shape index (κ1) is 17.0. The Morgan fingerprint density at radius 2 is 1.93 bits per heavy atom. The van der Waals surface area contributed by atoms with E-state index >= 15 is 0 Å². The molecule has 0 aliphatic carbocycles. The highest BCUT2D eigenvalue weighted by molar-refractivity contribution is 9.10. The van der Waals surface area contributed by atoms with E-state index in [1.54, 1.807) is 18.2 Å². The van der Waals surface area contributed by atoms with Gasteiger partial charge >= 0.3 is 0 Å². The zero-order chi connectivity index (χ0) is 19.1. The number of hydrogen-bond acceptors (Lipinski definition) is 7. The Labute approximate surface area is 159 Å². The number of benzene rings is 2. The predicted octanol–water partition coefficient (Wildman–Crippen LogP) is 3.20. The van der Waals surface area contributed by atoms with Crippen LogP contribution in [-0.4, -0.2) is 31.8 Å². The summed E-state index contributed by atoms with van der Waals surface area (Å²) in [6.45, 7) is -0.273. The van der Waals surface area contributed by atoms with E-state index in [1.807, 2.05) is 6.07 Å². The molecule has 134 valence electrons. The van der Waals surface area contributed by atoms with Crippen molar-refractivity contribution in [1.29, 1.82) is 0 Å². The first-order valence-electron chi connectivity index (χ1n) is 7.68. The van der Waals surface area contributed by atoms with Crippen LogP contribution in [0.25, 0.3) is 11.4 Å². The molecule has 0 bridgehead atoms. The van der Waals surface area contributed by atoms with Gasteiger partial charge in [-0.2, -0.15) is 4.98 Å². The lowest BCUT2D eigenvalue weighted by Gasteiger charge is -2.09. The molecular weight excluding hydrogens is 420 g/mol. The number of rotatable bonds is 4. The van der Waals surface area contributed by atoms with Gasteiger partial charge in [0.05, 0.1) is 10.5 Å². The number of carbonyl (C=O) groups is 2. The van der Waals surface area contributed by atoms with Crippen molar-refractivity contribution >= 4 is 33.4 Å². The third-order valence-corrected chi connectivity index (χ3v) is 4.51. The molecule has 0 atom stereocenters. The van der Waals surface area contributed by atoms with Gasteiger partial charge in [0.25, 0.3) is 17.5 Å². The number of amides is 2. The van der Waals surface area contributed by atoms with Crippen molar-refractivity contribution in [2.45, 2.75) is 6.54 Å². The van der Waals surface area contributed by atoms with Gasteiger partial charge in [0.2, 0.25) is 11.7 Å². The zero-order valence-electron chi connectivity index (χ0n) is 13.5. The van der Waals surface area contributed by atoms with Crippen LogP contribution in [0.4, 0.5) is 5.69 Å². The molecule has 4 rings (SSSR count). The Kier molecular flexibility index (Phi) is 4.04. The SMILES string of the molecule is O=C1c2cccc([N+](=O)[O-])c2C(=O)N1Cc1nc(-c2cccc(Br)c2)no1. The Hall–Kier alpha value is -3.40. The van der Waals surface area contributed by atoms with Crippen LogP contribution in [0.15, 0.2) is 51.5 Å². The molecule has 2 aromatic carbocycles. The van der Waals surface area contributed by atoms with Crippen molar-refractivity contribution in [2.75, 3.05) is 0 Å². The van der Waals surface area contributed by atoms with Crippen LogP contribution in [-0.2, 0) is 6.54 Å². The molecule has 10 heteroatoms. The Bertz CT molecular complexity index is 1110. The third kappa shape index (κ3) is 2.89. The predicted molar refractivity (Wildman–Crippen MR) is 94.7 cm³/mol. The van der Waals surface area contributed by atoms with Gasteiger partial charge in [0.1, 0.15) is 12.1 Å². The van der Waals surface area contributed by atoms with Gasteiger partial charge in [-0.1, -0.05) is 39.3 Å². The molecule has 0 unspecified atom stereocenters. The van der Waals surface area contributed by atoms with Crippen molar-refractivity contribution in [3.05, 3.63) is 74.1 Å². The largest absolute Gasteiger partial charge is 0.337 e. The van der Waals surface area contributed by atoms with Gasteiger partial charge < -0.3 is 4.52 Å². The molecule has 9 nitrogen and oxygen atoms in total. The summed E-state index contributed by atoms with van der Waals surface area (Å²) < 4.78 is 5.97. The smallest absolute Gasteiger partial charge is 0.282 e. The van der Waals surface area contributed by atoms with Crippen LogP contribution >= 0.6 is 15.9 Å². The third-order valence-electron chi connectivity index (χ3n) is 4.02. The van der Waals surface area contributed by atoms with Crippen LogP contribution in [0.3, 0.4) is 0 Å². The number of hydrogen-bond donors (Lipinski definition) is 0. The maximum atomic E-state index is 12.6. The van der Waals surface area contributed by atoms with E-state index in [9.17, 15) is 19.7 Å². The molecule has 0 radical (unpaired) electrons. The van der Waals surface area contributed by atoms with E-state index in [0.29, 0.717) is 11.4 Å². The van der Waals surface area contributed by atoms with Crippen LogP contribution in [0.2, 0.25) is 0 Å². The first-order chi connectivity index (χ1) is 13.0. The minimum absolute atomic E-state index is 0.0130. The lowest BCUT2D eigenvalue weighted by atomic mass is 10.1. The zero-order valence-corrected chi connectivity index (χ0v) is 15.0. The number of nitro benzene ring substituents is 1. The fourth-order valence-corrected chi connectivity index (χ4v) is 3.21. The average molecular weight is 429 g/mol. The van der Waals surface area contributed by atoms with Crippen LogP contribution in [0, 0.1) is 10.1 Å². The molecule has 1 aliphatic heterocycles. The number of halogens is 1. The van der Waals surface area contributed by atoms with Crippen LogP contribution in [0.5, 0.6) is 0 Å². The molecular formula is C17H9BrN4O5. The van der Waals surface area contributed by atoms with Gasteiger partial charge in [0, 0.05) is 16.1 Å². The van der Waals surface area contributed by atoms with Crippen molar-refractivity contribution in [3.8, 4) is 11.4 Å². The molecule has 0 fully saturated rings.